The maximum absolute atomic E-state index is 12.4. The molecule has 0 bridgehead atoms. The number of carbonyl (C=O) groups excluding carboxylic acids is 1. The quantitative estimate of drug-likeness (QED) is 0.937. The molecule has 24 heavy (non-hydrogen) atoms. The predicted octanol–water partition coefficient (Wildman–Crippen LogP) is 2.57. The molecule has 2 heterocycles. The minimum absolute atomic E-state index is 0.00140. The fourth-order valence-corrected chi connectivity index (χ4v) is 2.92. The van der Waals surface area contributed by atoms with E-state index in [1.54, 1.807) is 0 Å². The number of amides is 2. The van der Waals surface area contributed by atoms with Crippen molar-refractivity contribution >= 4 is 6.03 Å². The molecular weight excluding hydrogens is 304 g/mol. The molecule has 1 unspecified atom stereocenters. The Morgan fingerprint density at radius 2 is 1.96 bits per heavy atom. The molecule has 1 aromatic heterocycles. The first-order chi connectivity index (χ1) is 11.6. The van der Waals surface area contributed by atoms with Crippen LogP contribution >= 0.6 is 0 Å². The Morgan fingerprint density at radius 3 is 2.58 bits per heavy atom. The molecule has 2 amide bonds. The first-order valence-corrected chi connectivity index (χ1v) is 8.37. The van der Waals surface area contributed by atoms with E-state index in [1.807, 2.05) is 55.1 Å². The van der Waals surface area contributed by atoms with Crippen molar-refractivity contribution in [3.63, 3.8) is 0 Å². The van der Waals surface area contributed by atoms with Crippen LogP contribution in [0.2, 0.25) is 0 Å². The summed E-state index contributed by atoms with van der Waals surface area (Å²) in [6.07, 6.45) is 0. The number of urea groups is 1. The van der Waals surface area contributed by atoms with Crippen LogP contribution in [0.4, 0.5) is 4.79 Å². The van der Waals surface area contributed by atoms with E-state index in [1.165, 1.54) is 0 Å². The van der Waals surface area contributed by atoms with E-state index in [2.05, 4.69) is 15.4 Å². The van der Waals surface area contributed by atoms with E-state index in [-0.39, 0.29) is 12.1 Å². The largest absolute Gasteiger partial charge is 0.360 e. The van der Waals surface area contributed by atoms with E-state index in [0.29, 0.717) is 0 Å². The summed E-state index contributed by atoms with van der Waals surface area (Å²) < 4.78 is 5.26. The molecule has 3 rings (SSSR count). The van der Waals surface area contributed by atoms with E-state index < -0.39 is 0 Å². The number of hydrogen-bond donors (Lipinski definition) is 1. The third-order valence-corrected chi connectivity index (χ3v) is 4.36. The molecule has 1 saturated heterocycles. The van der Waals surface area contributed by atoms with Crippen LogP contribution in [-0.2, 0) is 6.54 Å². The van der Waals surface area contributed by atoms with E-state index in [9.17, 15) is 4.79 Å². The van der Waals surface area contributed by atoms with Crippen LogP contribution in [0.25, 0.3) is 0 Å². The third-order valence-electron chi connectivity index (χ3n) is 4.36. The second-order valence-corrected chi connectivity index (χ2v) is 6.28. The lowest BCUT2D eigenvalue weighted by Gasteiger charge is -2.34. The van der Waals surface area contributed by atoms with E-state index in [0.717, 1.165) is 49.7 Å². The van der Waals surface area contributed by atoms with Gasteiger partial charge in [0.25, 0.3) is 0 Å². The van der Waals surface area contributed by atoms with Crippen LogP contribution in [-0.4, -0.2) is 47.2 Å². The molecule has 128 valence electrons. The number of carbonyl (C=O) groups is 1. The number of hydrogen-bond acceptors (Lipinski definition) is 4. The number of rotatable bonds is 4. The highest BCUT2D eigenvalue weighted by molar-refractivity contribution is 5.74. The number of nitrogens with one attached hydrogen (secondary N) is 1. The molecule has 2 aromatic rings. The van der Waals surface area contributed by atoms with Gasteiger partial charge in [-0.2, -0.15) is 0 Å². The highest BCUT2D eigenvalue weighted by atomic mass is 16.5. The van der Waals surface area contributed by atoms with Gasteiger partial charge in [0, 0.05) is 32.2 Å². The lowest BCUT2D eigenvalue weighted by molar-refractivity contribution is 0.126. The Kier molecular flexibility index (Phi) is 5.15. The van der Waals surface area contributed by atoms with Gasteiger partial charge in [-0.25, -0.2) is 4.79 Å². The average molecular weight is 328 g/mol. The Morgan fingerprint density at radius 1 is 1.25 bits per heavy atom. The molecule has 0 spiro atoms. The second kappa shape index (κ2) is 7.49. The molecule has 6 nitrogen and oxygen atoms in total. The van der Waals surface area contributed by atoms with Crippen LogP contribution in [0, 0.1) is 6.92 Å². The van der Waals surface area contributed by atoms with Crippen LogP contribution in [0.3, 0.4) is 0 Å². The zero-order chi connectivity index (χ0) is 16.9. The molecular formula is C18H24N4O2. The number of nitrogens with zero attached hydrogens (tertiary/aromatic N) is 3. The Bertz CT molecular complexity index is 663. The first-order valence-electron chi connectivity index (χ1n) is 8.37. The predicted molar refractivity (Wildman–Crippen MR) is 91.5 cm³/mol. The van der Waals surface area contributed by atoms with Gasteiger partial charge in [0.1, 0.15) is 0 Å². The summed E-state index contributed by atoms with van der Waals surface area (Å²) in [5.41, 5.74) is 2.02. The van der Waals surface area contributed by atoms with Crippen molar-refractivity contribution in [2.45, 2.75) is 26.4 Å². The molecule has 1 N–H and O–H groups in total. The van der Waals surface area contributed by atoms with Gasteiger partial charge < -0.3 is 14.7 Å². The van der Waals surface area contributed by atoms with Gasteiger partial charge in [-0.05, 0) is 19.4 Å². The standard InChI is InChI=1S/C18H24N4O2/c1-14-12-17(24-20-14)13-21-8-10-22(11-9-21)18(23)19-15(2)16-6-4-3-5-7-16/h3-7,12,15H,8-11,13H2,1-2H3,(H,19,23). The maximum atomic E-state index is 12.4. The fraction of sp³-hybridized carbons (Fsp3) is 0.444. The maximum Gasteiger partial charge on any atom is 0.317 e. The monoisotopic (exact) mass is 328 g/mol. The SMILES string of the molecule is Cc1cc(CN2CCN(C(=O)NC(C)c3ccccc3)CC2)on1. The minimum atomic E-state index is 0.00140. The lowest BCUT2D eigenvalue weighted by atomic mass is 10.1. The molecule has 0 aliphatic carbocycles. The van der Waals surface area contributed by atoms with Crippen LogP contribution < -0.4 is 5.32 Å². The van der Waals surface area contributed by atoms with Gasteiger partial charge >= 0.3 is 6.03 Å². The summed E-state index contributed by atoms with van der Waals surface area (Å²) in [7, 11) is 0. The van der Waals surface area contributed by atoms with Gasteiger partial charge in [-0.15, -0.1) is 0 Å². The summed E-state index contributed by atoms with van der Waals surface area (Å²) in [5, 5.41) is 6.98. The highest BCUT2D eigenvalue weighted by Gasteiger charge is 2.23. The van der Waals surface area contributed by atoms with Gasteiger partial charge in [-0.3, -0.25) is 4.90 Å². The molecule has 6 heteroatoms. The smallest absolute Gasteiger partial charge is 0.317 e. The molecule has 1 aliphatic rings. The molecule has 1 aliphatic heterocycles. The summed E-state index contributed by atoms with van der Waals surface area (Å²) in [6, 6.07) is 12.0. The van der Waals surface area contributed by atoms with Crippen LogP contribution in [0.1, 0.15) is 30.0 Å². The second-order valence-electron chi connectivity index (χ2n) is 6.28. The normalized spacial score (nSPS) is 16.8. The molecule has 0 radical (unpaired) electrons. The van der Waals surface area contributed by atoms with E-state index >= 15 is 0 Å². The summed E-state index contributed by atoms with van der Waals surface area (Å²) in [4.78, 5) is 16.6. The lowest BCUT2D eigenvalue weighted by Crippen LogP contribution is -2.51. The zero-order valence-electron chi connectivity index (χ0n) is 14.2. The Hall–Kier alpha value is -2.34. The van der Waals surface area contributed by atoms with Gasteiger partial charge in [0.2, 0.25) is 0 Å². The first kappa shape index (κ1) is 16.5. The van der Waals surface area contributed by atoms with Crippen LogP contribution in [0.15, 0.2) is 40.9 Å². The van der Waals surface area contributed by atoms with E-state index in [4.69, 9.17) is 4.52 Å². The van der Waals surface area contributed by atoms with Gasteiger partial charge in [0.05, 0.1) is 18.3 Å². The van der Waals surface area contributed by atoms with Crippen molar-refractivity contribution in [2.75, 3.05) is 26.2 Å². The number of piperazine rings is 1. The van der Waals surface area contributed by atoms with Crippen LogP contribution in [0.5, 0.6) is 0 Å². The fourth-order valence-electron chi connectivity index (χ4n) is 2.92. The van der Waals surface area contributed by atoms with Gasteiger partial charge in [0.15, 0.2) is 5.76 Å². The minimum Gasteiger partial charge on any atom is -0.360 e. The highest BCUT2D eigenvalue weighted by Crippen LogP contribution is 2.13. The van der Waals surface area contributed by atoms with Gasteiger partial charge in [-0.1, -0.05) is 35.5 Å². The van der Waals surface area contributed by atoms with Crippen molar-refractivity contribution in [3.8, 4) is 0 Å². The Balaban J connectivity index is 1.46. The molecule has 1 fully saturated rings. The van der Waals surface area contributed by atoms with Crippen molar-refractivity contribution in [1.29, 1.82) is 0 Å². The number of aromatic nitrogens is 1. The van der Waals surface area contributed by atoms with Crippen molar-refractivity contribution in [3.05, 3.63) is 53.4 Å². The van der Waals surface area contributed by atoms with Crippen molar-refractivity contribution in [2.24, 2.45) is 0 Å². The summed E-state index contributed by atoms with van der Waals surface area (Å²) >= 11 is 0. The molecule has 0 saturated carbocycles. The number of aryl methyl sites for hydroxylation is 1. The third kappa shape index (κ3) is 4.14. The summed E-state index contributed by atoms with van der Waals surface area (Å²) in [5.74, 6) is 0.878. The zero-order valence-corrected chi connectivity index (χ0v) is 14.2. The summed E-state index contributed by atoms with van der Waals surface area (Å²) in [6.45, 7) is 7.80. The van der Waals surface area contributed by atoms with Crippen molar-refractivity contribution < 1.29 is 9.32 Å². The Labute approximate surface area is 142 Å². The topological polar surface area (TPSA) is 61.6 Å². The molecule has 1 aromatic carbocycles. The van der Waals surface area contributed by atoms with Crippen molar-refractivity contribution in [1.82, 2.24) is 20.3 Å². The average Bonchev–Trinajstić information content (AvgIpc) is 3.01. The number of benzene rings is 1. The molecule has 1 atom stereocenters.